The first-order valence-electron chi connectivity index (χ1n) is 10.8. The van der Waals surface area contributed by atoms with Crippen LogP contribution >= 0.6 is 0 Å². The van der Waals surface area contributed by atoms with Gasteiger partial charge >= 0.3 is 0 Å². The highest BCUT2D eigenvalue weighted by Gasteiger charge is 2.28. The van der Waals surface area contributed by atoms with Crippen LogP contribution in [0, 0.1) is 10.1 Å². The normalized spacial score (nSPS) is 16.4. The minimum atomic E-state index is -0.437. The van der Waals surface area contributed by atoms with Gasteiger partial charge in [-0.15, -0.1) is 0 Å². The maximum Gasteiger partial charge on any atom is 0.269 e. The van der Waals surface area contributed by atoms with Gasteiger partial charge < -0.3 is 9.84 Å². The molecule has 0 amide bonds. The highest BCUT2D eigenvalue weighted by molar-refractivity contribution is 5.69. The lowest BCUT2D eigenvalue weighted by molar-refractivity contribution is -0.384. The molecule has 172 valence electrons. The molecule has 0 spiro atoms. The van der Waals surface area contributed by atoms with Crippen LogP contribution in [0.3, 0.4) is 0 Å². The molecule has 3 rings (SSSR count). The van der Waals surface area contributed by atoms with Gasteiger partial charge in [-0.3, -0.25) is 20.4 Å². The molecule has 2 N–H and O–H groups in total. The summed E-state index contributed by atoms with van der Waals surface area (Å²) in [4.78, 5) is 16.0. The van der Waals surface area contributed by atoms with Crippen molar-refractivity contribution in [2.24, 2.45) is 0 Å². The third-order valence-electron chi connectivity index (χ3n) is 5.43. The van der Waals surface area contributed by atoms with Crippen LogP contribution in [-0.4, -0.2) is 22.7 Å². The molecule has 1 unspecified atom stereocenters. The van der Waals surface area contributed by atoms with Crippen molar-refractivity contribution >= 4 is 11.4 Å². The molecule has 0 bridgehead atoms. The zero-order valence-electron chi connectivity index (χ0n) is 19.6. The number of rotatable bonds is 6. The molecular formula is C25H32N2O5. The standard InChI is InChI=1S/C25H32N2O5/c1-24(2,3)20-13-16(14-21(23(20)28)25(4,5)6)22-15-19(32-26-22)11-12-31-18-9-7-17(8-10-18)27(29)30/h7-10,13-15,19,26,28H,11-12H2,1-6H3. The van der Waals surface area contributed by atoms with Gasteiger partial charge in [0.25, 0.3) is 5.69 Å². The van der Waals surface area contributed by atoms with Crippen molar-refractivity contribution in [3.63, 3.8) is 0 Å². The summed E-state index contributed by atoms with van der Waals surface area (Å²) in [5, 5.41) is 21.7. The van der Waals surface area contributed by atoms with Crippen LogP contribution in [-0.2, 0) is 15.7 Å². The third kappa shape index (κ3) is 5.40. The molecular weight excluding hydrogens is 408 g/mol. The van der Waals surface area contributed by atoms with Gasteiger partial charge in [0.15, 0.2) is 0 Å². The van der Waals surface area contributed by atoms with Crippen LogP contribution in [0.5, 0.6) is 11.5 Å². The highest BCUT2D eigenvalue weighted by atomic mass is 16.7. The molecule has 1 aliphatic heterocycles. The molecule has 0 radical (unpaired) electrons. The number of phenols is 1. The molecule has 0 aliphatic carbocycles. The van der Waals surface area contributed by atoms with Crippen molar-refractivity contribution in [2.75, 3.05) is 6.61 Å². The van der Waals surface area contributed by atoms with Crippen LogP contribution in [0.4, 0.5) is 5.69 Å². The number of aromatic hydroxyl groups is 1. The molecule has 2 aromatic rings. The lowest BCUT2D eigenvalue weighted by atomic mass is 9.78. The fourth-order valence-corrected chi connectivity index (χ4v) is 3.58. The molecule has 1 atom stereocenters. The van der Waals surface area contributed by atoms with E-state index in [2.05, 4.69) is 47.0 Å². The van der Waals surface area contributed by atoms with E-state index in [-0.39, 0.29) is 22.6 Å². The van der Waals surface area contributed by atoms with E-state index >= 15 is 0 Å². The maximum absolute atomic E-state index is 10.9. The molecule has 32 heavy (non-hydrogen) atoms. The summed E-state index contributed by atoms with van der Waals surface area (Å²) < 4.78 is 5.69. The Kier molecular flexibility index (Phi) is 6.51. The molecule has 0 aromatic heterocycles. The molecule has 7 heteroatoms. The Balaban J connectivity index is 1.73. The first kappa shape index (κ1) is 23.6. The number of non-ortho nitro benzene ring substituents is 1. The predicted molar refractivity (Wildman–Crippen MR) is 125 cm³/mol. The van der Waals surface area contributed by atoms with E-state index in [4.69, 9.17) is 9.57 Å². The smallest absolute Gasteiger partial charge is 0.269 e. The minimum Gasteiger partial charge on any atom is -0.507 e. The Morgan fingerprint density at radius 2 is 1.62 bits per heavy atom. The second kappa shape index (κ2) is 8.82. The molecule has 7 nitrogen and oxygen atoms in total. The van der Waals surface area contributed by atoms with E-state index in [1.165, 1.54) is 12.1 Å². The zero-order chi connectivity index (χ0) is 23.7. The number of nitrogens with one attached hydrogen (secondary N) is 1. The summed E-state index contributed by atoms with van der Waals surface area (Å²) in [5.74, 6) is 0.926. The van der Waals surface area contributed by atoms with Crippen LogP contribution < -0.4 is 10.2 Å². The van der Waals surface area contributed by atoms with Crippen molar-refractivity contribution < 1.29 is 19.6 Å². The number of hydrogen-bond acceptors (Lipinski definition) is 6. The summed E-state index contributed by atoms with van der Waals surface area (Å²) in [6, 6.07) is 10.1. The molecule has 2 aromatic carbocycles. The number of phenolic OH excluding ortho intramolecular Hbond substituents is 1. The fraction of sp³-hybridized carbons (Fsp3) is 0.440. The number of hydroxylamine groups is 1. The second-order valence-electron chi connectivity index (χ2n) is 10.1. The quantitative estimate of drug-likeness (QED) is 0.448. The summed E-state index contributed by atoms with van der Waals surface area (Å²) in [5.41, 5.74) is 6.25. The van der Waals surface area contributed by atoms with Crippen molar-refractivity contribution in [1.82, 2.24) is 5.48 Å². The Bertz CT molecular complexity index is 979. The maximum atomic E-state index is 10.9. The Hall–Kier alpha value is -3.06. The number of nitro benzene ring substituents is 1. The van der Waals surface area contributed by atoms with Crippen molar-refractivity contribution in [3.05, 3.63) is 69.3 Å². The van der Waals surface area contributed by atoms with E-state index in [0.29, 0.717) is 24.5 Å². The van der Waals surface area contributed by atoms with Gasteiger partial charge in [-0.2, -0.15) is 0 Å². The Morgan fingerprint density at radius 3 is 2.12 bits per heavy atom. The monoisotopic (exact) mass is 440 g/mol. The first-order chi connectivity index (χ1) is 14.9. The van der Waals surface area contributed by atoms with Gasteiger partial charge in [-0.05, 0) is 41.2 Å². The second-order valence-corrected chi connectivity index (χ2v) is 10.1. The van der Waals surface area contributed by atoms with Crippen molar-refractivity contribution in [3.8, 4) is 11.5 Å². The fourth-order valence-electron chi connectivity index (χ4n) is 3.58. The minimum absolute atomic E-state index is 0.0337. The van der Waals surface area contributed by atoms with Crippen LogP contribution in [0.2, 0.25) is 0 Å². The molecule has 1 heterocycles. The number of ether oxygens (including phenoxy) is 1. The van der Waals surface area contributed by atoms with E-state index in [9.17, 15) is 15.2 Å². The van der Waals surface area contributed by atoms with Gasteiger partial charge in [-0.1, -0.05) is 41.5 Å². The third-order valence-corrected chi connectivity index (χ3v) is 5.43. The van der Waals surface area contributed by atoms with Crippen molar-refractivity contribution in [1.29, 1.82) is 0 Å². The SMILES string of the molecule is CC(C)(C)c1cc(C2=CC(CCOc3ccc([N+](=O)[O-])cc3)ON2)cc(C(C)(C)C)c1O. The Morgan fingerprint density at radius 1 is 1.06 bits per heavy atom. The van der Waals surface area contributed by atoms with Gasteiger partial charge in [0.05, 0.1) is 17.2 Å². The van der Waals surface area contributed by atoms with Crippen molar-refractivity contribution in [2.45, 2.75) is 64.9 Å². The van der Waals surface area contributed by atoms with Crippen LogP contribution in [0.25, 0.3) is 5.70 Å². The number of benzene rings is 2. The first-order valence-corrected chi connectivity index (χ1v) is 10.8. The van der Waals surface area contributed by atoms with E-state index in [0.717, 1.165) is 22.4 Å². The average molecular weight is 441 g/mol. The molecule has 0 saturated carbocycles. The number of hydrogen-bond donors (Lipinski definition) is 2. The van der Waals surface area contributed by atoms with Crippen LogP contribution in [0.15, 0.2) is 42.5 Å². The van der Waals surface area contributed by atoms with Gasteiger partial charge in [0, 0.05) is 35.2 Å². The van der Waals surface area contributed by atoms with Gasteiger partial charge in [0.2, 0.25) is 0 Å². The lowest BCUT2D eigenvalue weighted by Crippen LogP contribution is -2.19. The lowest BCUT2D eigenvalue weighted by Gasteiger charge is -2.28. The van der Waals surface area contributed by atoms with E-state index < -0.39 is 4.92 Å². The highest BCUT2D eigenvalue weighted by Crippen LogP contribution is 2.41. The predicted octanol–water partition coefficient (Wildman–Crippen LogP) is 5.61. The summed E-state index contributed by atoms with van der Waals surface area (Å²) in [6.07, 6.45) is 2.46. The summed E-state index contributed by atoms with van der Waals surface area (Å²) in [6.45, 7) is 12.9. The zero-order valence-corrected chi connectivity index (χ0v) is 19.6. The van der Waals surface area contributed by atoms with E-state index in [1.807, 2.05) is 18.2 Å². The summed E-state index contributed by atoms with van der Waals surface area (Å²) >= 11 is 0. The Labute approximate surface area is 189 Å². The average Bonchev–Trinajstić information content (AvgIpc) is 3.15. The molecule has 0 saturated heterocycles. The van der Waals surface area contributed by atoms with E-state index in [1.54, 1.807) is 12.1 Å². The molecule has 1 aliphatic rings. The largest absolute Gasteiger partial charge is 0.507 e. The van der Waals surface area contributed by atoms with Crippen LogP contribution in [0.1, 0.15) is 64.7 Å². The van der Waals surface area contributed by atoms with Gasteiger partial charge in [0.1, 0.15) is 17.6 Å². The number of nitro groups is 1. The van der Waals surface area contributed by atoms with Gasteiger partial charge in [-0.25, -0.2) is 0 Å². The molecule has 0 fully saturated rings. The number of nitrogens with zero attached hydrogens (tertiary/aromatic N) is 1. The topological polar surface area (TPSA) is 93.9 Å². The summed E-state index contributed by atoms with van der Waals surface area (Å²) in [7, 11) is 0.